The fourth-order valence-corrected chi connectivity index (χ4v) is 4.34. The van der Waals surface area contributed by atoms with Crippen LogP contribution < -0.4 is 20.3 Å². The summed E-state index contributed by atoms with van der Waals surface area (Å²) in [7, 11) is 3.09. The number of anilines is 1. The maximum Gasteiger partial charge on any atom is 0.262 e. The Morgan fingerprint density at radius 1 is 1.09 bits per heavy atom. The Labute approximate surface area is 189 Å². The molecule has 8 heteroatoms. The summed E-state index contributed by atoms with van der Waals surface area (Å²) in [6.45, 7) is 2.25. The van der Waals surface area contributed by atoms with Crippen LogP contribution in [-0.2, 0) is 11.3 Å². The van der Waals surface area contributed by atoms with Gasteiger partial charge in [0.1, 0.15) is 4.83 Å². The van der Waals surface area contributed by atoms with Gasteiger partial charge >= 0.3 is 0 Å². The maximum absolute atomic E-state index is 13.1. The molecule has 0 fully saturated rings. The lowest BCUT2D eigenvalue weighted by Crippen LogP contribution is -2.23. The molecule has 0 aliphatic heterocycles. The van der Waals surface area contributed by atoms with Crippen molar-refractivity contribution in [1.82, 2.24) is 9.55 Å². The van der Waals surface area contributed by atoms with Gasteiger partial charge in [-0.25, -0.2) is 4.98 Å². The Morgan fingerprint density at radius 3 is 2.56 bits per heavy atom. The number of thiophene rings is 1. The van der Waals surface area contributed by atoms with E-state index in [9.17, 15) is 9.59 Å². The molecular weight excluding hydrogens is 426 g/mol. The molecule has 0 aliphatic carbocycles. The van der Waals surface area contributed by atoms with Gasteiger partial charge in [-0.1, -0.05) is 29.8 Å². The molecule has 0 aliphatic rings. The van der Waals surface area contributed by atoms with Crippen molar-refractivity contribution in [3.8, 4) is 22.6 Å². The van der Waals surface area contributed by atoms with Gasteiger partial charge in [0.05, 0.1) is 25.9 Å². The number of fused-ring (bicyclic) bond motifs is 1. The SMILES string of the molecule is COc1ccc(NC(=O)CCn2cnc3scc(-c4ccc(C)cc4)c3c2=O)cc1OC. The fourth-order valence-electron chi connectivity index (χ4n) is 3.43. The van der Waals surface area contributed by atoms with Crippen LogP contribution in [0.25, 0.3) is 21.3 Å². The Kier molecular flexibility index (Phi) is 6.23. The first kappa shape index (κ1) is 21.6. The van der Waals surface area contributed by atoms with Crippen molar-refractivity contribution in [3.05, 3.63) is 70.1 Å². The van der Waals surface area contributed by atoms with Crippen molar-refractivity contribution >= 4 is 33.1 Å². The van der Waals surface area contributed by atoms with Crippen LogP contribution in [0.4, 0.5) is 5.69 Å². The summed E-state index contributed by atoms with van der Waals surface area (Å²) in [5, 5.41) is 5.37. The third-order valence-electron chi connectivity index (χ3n) is 5.17. The van der Waals surface area contributed by atoms with E-state index < -0.39 is 0 Å². The summed E-state index contributed by atoms with van der Waals surface area (Å²) >= 11 is 1.44. The van der Waals surface area contributed by atoms with Crippen molar-refractivity contribution in [2.24, 2.45) is 0 Å². The van der Waals surface area contributed by atoms with Crippen LogP contribution in [-0.4, -0.2) is 29.7 Å². The zero-order valence-corrected chi connectivity index (χ0v) is 18.9. The number of methoxy groups -OCH3 is 2. The van der Waals surface area contributed by atoms with Crippen LogP contribution in [0.5, 0.6) is 11.5 Å². The minimum absolute atomic E-state index is 0.130. The van der Waals surface area contributed by atoms with Crippen LogP contribution >= 0.6 is 11.3 Å². The van der Waals surface area contributed by atoms with Gasteiger partial charge in [-0.05, 0) is 24.6 Å². The first-order valence-electron chi connectivity index (χ1n) is 10.1. The van der Waals surface area contributed by atoms with Gasteiger partial charge in [-0.3, -0.25) is 14.2 Å². The molecular formula is C24H23N3O4S. The van der Waals surface area contributed by atoms with Crippen molar-refractivity contribution in [1.29, 1.82) is 0 Å². The lowest BCUT2D eigenvalue weighted by atomic mass is 10.1. The number of carbonyl (C=O) groups excluding carboxylic acids is 1. The third kappa shape index (κ3) is 4.36. The molecule has 2 heterocycles. The zero-order valence-electron chi connectivity index (χ0n) is 18.0. The number of hydrogen-bond donors (Lipinski definition) is 1. The van der Waals surface area contributed by atoms with Gasteiger partial charge in [0.15, 0.2) is 11.5 Å². The lowest BCUT2D eigenvalue weighted by molar-refractivity contribution is -0.116. The summed E-state index contributed by atoms with van der Waals surface area (Å²) in [6, 6.07) is 13.2. The molecule has 32 heavy (non-hydrogen) atoms. The second kappa shape index (κ2) is 9.23. The van der Waals surface area contributed by atoms with Crippen molar-refractivity contribution in [2.75, 3.05) is 19.5 Å². The highest BCUT2D eigenvalue weighted by molar-refractivity contribution is 7.17. The maximum atomic E-state index is 13.1. The Morgan fingerprint density at radius 2 is 1.84 bits per heavy atom. The number of nitrogens with zero attached hydrogens (tertiary/aromatic N) is 2. The third-order valence-corrected chi connectivity index (χ3v) is 6.06. The quantitative estimate of drug-likeness (QED) is 0.450. The largest absolute Gasteiger partial charge is 0.493 e. The van der Waals surface area contributed by atoms with Gasteiger partial charge in [0, 0.05) is 35.7 Å². The lowest BCUT2D eigenvalue weighted by Gasteiger charge is -2.11. The van der Waals surface area contributed by atoms with E-state index in [0.29, 0.717) is 27.4 Å². The minimum Gasteiger partial charge on any atom is -0.493 e. The van der Waals surface area contributed by atoms with Gasteiger partial charge in [0.2, 0.25) is 5.91 Å². The molecule has 2 aromatic carbocycles. The van der Waals surface area contributed by atoms with E-state index in [1.54, 1.807) is 25.3 Å². The molecule has 4 aromatic rings. The number of rotatable bonds is 7. The molecule has 1 N–H and O–H groups in total. The molecule has 7 nitrogen and oxygen atoms in total. The number of benzene rings is 2. The molecule has 0 spiro atoms. The average Bonchev–Trinajstić information content (AvgIpc) is 3.24. The van der Waals surface area contributed by atoms with Crippen LogP contribution in [0.15, 0.2) is 59.0 Å². The fraction of sp³-hybridized carbons (Fsp3) is 0.208. The van der Waals surface area contributed by atoms with E-state index in [1.807, 2.05) is 36.6 Å². The predicted molar refractivity (Wildman–Crippen MR) is 127 cm³/mol. The second-order valence-corrected chi connectivity index (χ2v) is 8.16. The van der Waals surface area contributed by atoms with Crippen molar-refractivity contribution in [2.45, 2.75) is 19.9 Å². The van der Waals surface area contributed by atoms with Crippen LogP contribution in [0.1, 0.15) is 12.0 Å². The molecule has 2 aromatic heterocycles. The standard InChI is InChI=1S/C24H23N3O4S/c1-15-4-6-16(7-5-15)18-13-32-23-22(18)24(29)27(14-25-23)11-10-21(28)26-17-8-9-19(30-2)20(12-17)31-3/h4-9,12-14H,10-11H2,1-3H3,(H,26,28). The summed E-state index contributed by atoms with van der Waals surface area (Å²) in [6.07, 6.45) is 1.63. The molecule has 0 saturated heterocycles. The van der Waals surface area contributed by atoms with E-state index in [2.05, 4.69) is 10.3 Å². The van der Waals surface area contributed by atoms with E-state index >= 15 is 0 Å². The molecule has 0 atom stereocenters. The topological polar surface area (TPSA) is 82.5 Å². The first-order valence-corrected chi connectivity index (χ1v) is 10.9. The Balaban J connectivity index is 1.52. The number of hydrogen-bond acceptors (Lipinski definition) is 6. The summed E-state index contributed by atoms with van der Waals surface area (Å²) in [5.74, 6) is 0.891. The summed E-state index contributed by atoms with van der Waals surface area (Å²) < 4.78 is 12.0. The molecule has 0 bridgehead atoms. The van der Waals surface area contributed by atoms with E-state index in [0.717, 1.165) is 16.7 Å². The number of amides is 1. The van der Waals surface area contributed by atoms with E-state index in [4.69, 9.17) is 9.47 Å². The van der Waals surface area contributed by atoms with E-state index in [-0.39, 0.29) is 24.4 Å². The second-order valence-electron chi connectivity index (χ2n) is 7.31. The smallest absolute Gasteiger partial charge is 0.262 e. The number of aryl methyl sites for hydroxylation is 2. The van der Waals surface area contributed by atoms with Crippen molar-refractivity contribution < 1.29 is 14.3 Å². The summed E-state index contributed by atoms with van der Waals surface area (Å²) in [4.78, 5) is 30.7. The molecule has 0 saturated carbocycles. The van der Waals surface area contributed by atoms with Gasteiger partial charge in [-0.15, -0.1) is 11.3 Å². The highest BCUT2D eigenvalue weighted by Gasteiger charge is 2.14. The Bertz CT molecular complexity index is 1330. The average molecular weight is 450 g/mol. The van der Waals surface area contributed by atoms with Gasteiger partial charge < -0.3 is 14.8 Å². The van der Waals surface area contributed by atoms with Crippen LogP contribution in [0, 0.1) is 6.92 Å². The molecule has 0 radical (unpaired) electrons. The molecule has 164 valence electrons. The van der Waals surface area contributed by atoms with Crippen LogP contribution in [0.3, 0.4) is 0 Å². The molecule has 1 amide bonds. The van der Waals surface area contributed by atoms with Gasteiger partial charge in [-0.2, -0.15) is 0 Å². The Hall–Kier alpha value is -3.65. The monoisotopic (exact) mass is 449 g/mol. The highest BCUT2D eigenvalue weighted by Crippen LogP contribution is 2.31. The number of nitrogens with one attached hydrogen (secondary N) is 1. The molecule has 0 unspecified atom stereocenters. The number of ether oxygens (including phenoxy) is 2. The molecule has 4 rings (SSSR count). The van der Waals surface area contributed by atoms with E-state index in [1.165, 1.54) is 29.3 Å². The normalized spacial score (nSPS) is 10.8. The zero-order chi connectivity index (χ0) is 22.7. The first-order chi connectivity index (χ1) is 15.5. The number of carbonyl (C=O) groups is 1. The highest BCUT2D eigenvalue weighted by atomic mass is 32.1. The van der Waals surface area contributed by atoms with Gasteiger partial charge in [0.25, 0.3) is 5.56 Å². The van der Waals surface area contributed by atoms with Crippen molar-refractivity contribution in [3.63, 3.8) is 0 Å². The minimum atomic E-state index is -0.215. The van der Waals surface area contributed by atoms with Crippen LogP contribution in [0.2, 0.25) is 0 Å². The number of aromatic nitrogens is 2. The predicted octanol–water partition coefficient (Wildman–Crippen LogP) is 4.48. The summed E-state index contributed by atoms with van der Waals surface area (Å²) in [5.41, 5.74) is 3.44.